The van der Waals surface area contributed by atoms with Crippen LogP contribution in [-0.2, 0) is 0 Å². The van der Waals surface area contributed by atoms with Crippen LogP contribution in [0, 0.1) is 19.8 Å². The van der Waals surface area contributed by atoms with Gasteiger partial charge < -0.3 is 0 Å². The molecule has 2 aromatic rings. The van der Waals surface area contributed by atoms with E-state index in [0.717, 1.165) is 9.88 Å². The molecule has 0 saturated heterocycles. The average molecular weight is 208 g/mol. The monoisotopic (exact) mass is 208 g/mol. The number of aryl methyl sites for hydroxylation is 2. The zero-order valence-corrected chi connectivity index (χ0v) is 8.73. The Morgan fingerprint density at radius 1 is 1.36 bits per heavy atom. The van der Waals surface area contributed by atoms with Gasteiger partial charge in [-0.05, 0) is 26.0 Å². The summed E-state index contributed by atoms with van der Waals surface area (Å²) in [5.41, 5.74) is 1.19. The van der Waals surface area contributed by atoms with E-state index in [-0.39, 0.29) is 0 Å². The van der Waals surface area contributed by atoms with Crippen molar-refractivity contribution in [2.75, 3.05) is 0 Å². The van der Waals surface area contributed by atoms with Gasteiger partial charge in [-0.15, -0.1) is 11.3 Å². The zero-order valence-electron chi connectivity index (χ0n) is 7.91. The molecular weight excluding hydrogens is 199 g/mol. The van der Waals surface area contributed by atoms with Gasteiger partial charge in [0.2, 0.25) is 5.95 Å². The summed E-state index contributed by atoms with van der Waals surface area (Å²) < 4.78 is 13.3. The van der Waals surface area contributed by atoms with E-state index in [9.17, 15) is 4.39 Å². The lowest BCUT2D eigenvalue weighted by Crippen LogP contribution is -1.89. The Morgan fingerprint density at radius 3 is 2.71 bits per heavy atom. The van der Waals surface area contributed by atoms with Gasteiger partial charge in [0.05, 0.1) is 16.3 Å². The fourth-order valence-electron chi connectivity index (χ4n) is 1.34. The van der Waals surface area contributed by atoms with Crippen molar-refractivity contribution in [2.45, 2.75) is 13.8 Å². The molecule has 2 heterocycles. The highest BCUT2D eigenvalue weighted by Crippen LogP contribution is 2.27. The quantitative estimate of drug-likeness (QED) is 0.673. The second-order valence-electron chi connectivity index (χ2n) is 2.98. The van der Waals surface area contributed by atoms with E-state index in [1.165, 1.54) is 6.20 Å². The number of rotatable bonds is 1. The van der Waals surface area contributed by atoms with Crippen molar-refractivity contribution in [3.63, 3.8) is 0 Å². The summed E-state index contributed by atoms with van der Waals surface area (Å²) >= 11 is 1.57. The largest absolute Gasteiger partial charge is 0.241 e. The molecule has 0 bridgehead atoms. The van der Waals surface area contributed by atoms with E-state index in [1.54, 1.807) is 23.5 Å². The van der Waals surface area contributed by atoms with Crippen molar-refractivity contribution in [3.8, 4) is 11.3 Å². The van der Waals surface area contributed by atoms with Crippen LogP contribution in [0.15, 0.2) is 18.3 Å². The summed E-state index contributed by atoms with van der Waals surface area (Å²) in [5, 5.41) is 0.945. The first-order valence-corrected chi connectivity index (χ1v) is 5.05. The van der Waals surface area contributed by atoms with Gasteiger partial charge in [-0.25, -0.2) is 9.97 Å². The number of aromatic nitrogens is 2. The molecule has 0 unspecified atom stereocenters. The molecule has 0 N–H and O–H groups in total. The summed E-state index contributed by atoms with van der Waals surface area (Å²) in [7, 11) is 0. The molecule has 0 spiro atoms. The topological polar surface area (TPSA) is 25.8 Å². The third-order valence-electron chi connectivity index (χ3n) is 1.92. The van der Waals surface area contributed by atoms with Crippen LogP contribution < -0.4 is 0 Å². The van der Waals surface area contributed by atoms with Gasteiger partial charge in [-0.3, -0.25) is 0 Å². The number of pyridine rings is 1. The standard InChI is InChI=1S/C10H9FN2S/c1-6-9(13-7(2)14-6)8-4-3-5-12-10(8)11/h3-5H,1-2H3. The predicted octanol–water partition coefficient (Wildman–Crippen LogP) is 2.96. The van der Waals surface area contributed by atoms with Crippen molar-refractivity contribution in [1.29, 1.82) is 0 Å². The van der Waals surface area contributed by atoms with Crippen LogP contribution in [0.2, 0.25) is 0 Å². The molecule has 2 rings (SSSR count). The van der Waals surface area contributed by atoms with Gasteiger partial charge in [-0.2, -0.15) is 4.39 Å². The molecule has 0 aliphatic carbocycles. The van der Waals surface area contributed by atoms with Crippen LogP contribution in [0.5, 0.6) is 0 Å². The molecule has 0 atom stereocenters. The van der Waals surface area contributed by atoms with Crippen molar-refractivity contribution < 1.29 is 4.39 Å². The maximum absolute atomic E-state index is 13.3. The van der Waals surface area contributed by atoms with Gasteiger partial charge in [0, 0.05) is 11.1 Å². The zero-order chi connectivity index (χ0) is 10.1. The van der Waals surface area contributed by atoms with Crippen molar-refractivity contribution in [3.05, 3.63) is 34.2 Å². The Bertz CT molecular complexity index is 465. The summed E-state index contributed by atoms with van der Waals surface area (Å²) in [5.74, 6) is -0.457. The van der Waals surface area contributed by atoms with Crippen LogP contribution in [0.3, 0.4) is 0 Å². The highest BCUT2D eigenvalue weighted by molar-refractivity contribution is 7.11. The maximum atomic E-state index is 13.3. The minimum Gasteiger partial charge on any atom is -0.241 e. The molecule has 4 heteroatoms. The number of nitrogens with zero attached hydrogens (tertiary/aromatic N) is 2. The minimum absolute atomic E-state index is 0.457. The highest BCUT2D eigenvalue weighted by atomic mass is 32.1. The van der Waals surface area contributed by atoms with E-state index >= 15 is 0 Å². The Balaban J connectivity index is 2.60. The van der Waals surface area contributed by atoms with E-state index in [1.807, 2.05) is 13.8 Å². The Morgan fingerprint density at radius 2 is 2.14 bits per heavy atom. The lowest BCUT2D eigenvalue weighted by atomic mass is 10.2. The van der Waals surface area contributed by atoms with Crippen molar-refractivity contribution >= 4 is 11.3 Å². The van der Waals surface area contributed by atoms with Gasteiger partial charge in [-0.1, -0.05) is 0 Å². The molecular formula is C10H9FN2S. The average Bonchev–Trinajstić information content (AvgIpc) is 2.46. The SMILES string of the molecule is Cc1nc(-c2cccnc2F)c(C)s1. The fraction of sp³-hybridized carbons (Fsp3) is 0.200. The van der Waals surface area contributed by atoms with Gasteiger partial charge in [0.15, 0.2) is 0 Å². The second kappa shape index (κ2) is 3.46. The molecule has 0 radical (unpaired) electrons. The number of hydrogen-bond acceptors (Lipinski definition) is 3. The summed E-state index contributed by atoms with van der Waals surface area (Å²) in [6.45, 7) is 3.85. The molecule has 0 aromatic carbocycles. The molecule has 14 heavy (non-hydrogen) atoms. The van der Waals surface area contributed by atoms with Crippen LogP contribution in [0.25, 0.3) is 11.3 Å². The van der Waals surface area contributed by atoms with Crippen LogP contribution in [0.1, 0.15) is 9.88 Å². The highest BCUT2D eigenvalue weighted by Gasteiger charge is 2.11. The lowest BCUT2D eigenvalue weighted by molar-refractivity contribution is 0.587. The number of hydrogen-bond donors (Lipinski definition) is 0. The predicted molar refractivity (Wildman–Crippen MR) is 54.8 cm³/mol. The summed E-state index contributed by atoms with van der Waals surface area (Å²) in [6, 6.07) is 3.41. The van der Waals surface area contributed by atoms with E-state index in [2.05, 4.69) is 9.97 Å². The van der Waals surface area contributed by atoms with Gasteiger partial charge >= 0.3 is 0 Å². The molecule has 2 aromatic heterocycles. The molecule has 2 nitrogen and oxygen atoms in total. The summed E-state index contributed by atoms with van der Waals surface area (Å²) in [4.78, 5) is 8.91. The Hall–Kier alpha value is -1.29. The molecule has 0 saturated carbocycles. The normalized spacial score (nSPS) is 10.5. The number of thiazole rings is 1. The third kappa shape index (κ3) is 1.53. The lowest BCUT2D eigenvalue weighted by Gasteiger charge is -1.98. The number of halogens is 1. The molecule has 0 aliphatic heterocycles. The van der Waals surface area contributed by atoms with Gasteiger partial charge in [0.1, 0.15) is 0 Å². The van der Waals surface area contributed by atoms with Crippen molar-refractivity contribution in [1.82, 2.24) is 9.97 Å². The first-order chi connectivity index (χ1) is 6.68. The van der Waals surface area contributed by atoms with Crippen LogP contribution in [0.4, 0.5) is 4.39 Å². The van der Waals surface area contributed by atoms with E-state index in [4.69, 9.17) is 0 Å². The van der Waals surface area contributed by atoms with Crippen LogP contribution >= 0.6 is 11.3 Å². The third-order valence-corrected chi connectivity index (χ3v) is 2.80. The molecule has 0 amide bonds. The van der Waals surface area contributed by atoms with E-state index in [0.29, 0.717) is 11.3 Å². The fourth-order valence-corrected chi connectivity index (χ4v) is 2.17. The molecule has 0 aliphatic rings. The Kier molecular flexibility index (Phi) is 2.29. The Labute approximate surface area is 85.5 Å². The second-order valence-corrected chi connectivity index (χ2v) is 4.39. The molecule has 72 valence electrons. The van der Waals surface area contributed by atoms with Crippen molar-refractivity contribution in [2.24, 2.45) is 0 Å². The van der Waals surface area contributed by atoms with Gasteiger partial charge in [0.25, 0.3) is 0 Å². The minimum atomic E-state index is -0.457. The van der Waals surface area contributed by atoms with E-state index < -0.39 is 5.95 Å². The summed E-state index contributed by atoms with van der Waals surface area (Å²) in [6.07, 6.45) is 1.44. The maximum Gasteiger partial charge on any atom is 0.222 e. The smallest absolute Gasteiger partial charge is 0.222 e. The first kappa shape index (κ1) is 9.27. The first-order valence-electron chi connectivity index (χ1n) is 4.23. The van der Waals surface area contributed by atoms with Crippen LogP contribution in [-0.4, -0.2) is 9.97 Å². The molecule has 0 fully saturated rings.